The number of halogens is 1. The molecule has 0 radical (unpaired) electrons. The number of hydrogen-bond donors (Lipinski definition) is 1. The molecule has 0 heterocycles. The van der Waals surface area contributed by atoms with Crippen LogP contribution in [0.1, 0.15) is 16.7 Å². The summed E-state index contributed by atoms with van der Waals surface area (Å²) in [6, 6.07) is 12.9. The highest BCUT2D eigenvalue weighted by molar-refractivity contribution is 5.35. The molecule has 0 saturated carbocycles. The van der Waals surface area contributed by atoms with Gasteiger partial charge in [0.05, 0.1) is 0 Å². The number of nitrogens with two attached hydrogens (primary N) is 1. The van der Waals surface area contributed by atoms with Gasteiger partial charge < -0.3 is 10.5 Å². The number of para-hydroxylation sites is 1. The third-order valence-corrected chi connectivity index (χ3v) is 2.93. The van der Waals surface area contributed by atoms with Gasteiger partial charge in [-0.1, -0.05) is 42.0 Å². The van der Waals surface area contributed by atoms with E-state index in [2.05, 4.69) is 0 Å². The van der Waals surface area contributed by atoms with Crippen molar-refractivity contribution < 1.29 is 9.13 Å². The van der Waals surface area contributed by atoms with Gasteiger partial charge in [-0.2, -0.15) is 0 Å². The summed E-state index contributed by atoms with van der Waals surface area (Å²) in [4.78, 5) is 0. The summed E-state index contributed by atoms with van der Waals surface area (Å²) in [6.07, 6.45) is 0.612. The monoisotopic (exact) mass is 259 g/mol. The Bertz CT molecular complexity index is 554. The van der Waals surface area contributed by atoms with Gasteiger partial charge in [0.25, 0.3) is 0 Å². The van der Waals surface area contributed by atoms with Crippen molar-refractivity contribution in [3.63, 3.8) is 0 Å². The highest BCUT2D eigenvalue weighted by Crippen LogP contribution is 2.24. The van der Waals surface area contributed by atoms with Crippen molar-refractivity contribution >= 4 is 0 Å². The minimum atomic E-state index is -0.335. The fourth-order valence-corrected chi connectivity index (χ4v) is 2.02. The van der Waals surface area contributed by atoms with Crippen LogP contribution in [-0.4, -0.2) is 6.54 Å². The van der Waals surface area contributed by atoms with Crippen LogP contribution in [0, 0.1) is 12.7 Å². The molecule has 0 aromatic heterocycles. The SMILES string of the molecule is Cc1cccc(COc2c(F)cccc2CCN)c1. The third kappa shape index (κ3) is 3.55. The van der Waals surface area contributed by atoms with Crippen molar-refractivity contribution in [3.05, 3.63) is 65.0 Å². The number of ether oxygens (including phenoxy) is 1. The van der Waals surface area contributed by atoms with Crippen LogP contribution in [-0.2, 0) is 13.0 Å². The van der Waals surface area contributed by atoms with Crippen LogP contribution in [0.2, 0.25) is 0 Å². The Morgan fingerprint density at radius 2 is 1.95 bits per heavy atom. The minimum Gasteiger partial charge on any atom is -0.486 e. The largest absolute Gasteiger partial charge is 0.486 e. The van der Waals surface area contributed by atoms with Gasteiger partial charge in [-0.3, -0.25) is 0 Å². The Morgan fingerprint density at radius 3 is 2.68 bits per heavy atom. The van der Waals surface area contributed by atoms with Crippen LogP contribution in [0.3, 0.4) is 0 Å². The van der Waals surface area contributed by atoms with Gasteiger partial charge in [-0.25, -0.2) is 4.39 Å². The van der Waals surface area contributed by atoms with Crippen molar-refractivity contribution in [2.24, 2.45) is 5.73 Å². The second-order valence-corrected chi connectivity index (χ2v) is 4.54. The van der Waals surface area contributed by atoms with Crippen molar-refractivity contribution in [2.45, 2.75) is 20.0 Å². The summed E-state index contributed by atoms with van der Waals surface area (Å²) < 4.78 is 19.4. The molecular weight excluding hydrogens is 241 g/mol. The lowest BCUT2D eigenvalue weighted by atomic mass is 10.1. The first-order valence-electron chi connectivity index (χ1n) is 6.36. The van der Waals surface area contributed by atoms with E-state index in [9.17, 15) is 4.39 Å². The van der Waals surface area contributed by atoms with Crippen molar-refractivity contribution in [1.82, 2.24) is 0 Å². The number of benzene rings is 2. The van der Waals surface area contributed by atoms with Crippen LogP contribution in [0.15, 0.2) is 42.5 Å². The fraction of sp³-hybridized carbons (Fsp3) is 0.250. The van der Waals surface area contributed by atoms with Gasteiger partial charge in [-0.15, -0.1) is 0 Å². The van der Waals surface area contributed by atoms with Crippen molar-refractivity contribution in [3.8, 4) is 5.75 Å². The molecule has 0 fully saturated rings. The summed E-state index contributed by atoms with van der Waals surface area (Å²) in [5, 5.41) is 0. The second kappa shape index (κ2) is 6.34. The Morgan fingerprint density at radius 1 is 1.16 bits per heavy atom. The zero-order chi connectivity index (χ0) is 13.7. The predicted molar refractivity (Wildman–Crippen MR) is 74.7 cm³/mol. The standard InChI is InChI=1S/C16H18FNO/c1-12-4-2-5-13(10-12)11-19-16-14(8-9-18)6-3-7-15(16)17/h2-7,10H,8-9,11,18H2,1H3. The molecule has 2 aromatic carbocycles. The molecule has 0 aliphatic heterocycles. The van der Waals surface area contributed by atoms with Crippen molar-refractivity contribution in [2.75, 3.05) is 6.54 Å². The first-order chi connectivity index (χ1) is 9.20. The average molecular weight is 259 g/mol. The molecule has 2 aromatic rings. The lowest BCUT2D eigenvalue weighted by molar-refractivity contribution is 0.287. The van der Waals surface area contributed by atoms with Crippen LogP contribution in [0.25, 0.3) is 0 Å². The maximum Gasteiger partial charge on any atom is 0.165 e. The molecular formula is C16H18FNO. The molecule has 0 atom stereocenters. The van der Waals surface area contributed by atoms with Gasteiger partial charge in [0.2, 0.25) is 0 Å². The van der Waals surface area contributed by atoms with Gasteiger partial charge in [0.15, 0.2) is 11.6 Å². The zero-order valence-electron chi connectivity index (χ0n) is 11.0. The van der Waals surface area contributed by atoms with Gasteiger partial charge in [0.1, 0.15) is 6.61 Å². The van der Waals surface area contributed by atoms with E-state index < -0.39 is 0 Å². The zero-order valence-corrected chi connectivity index (χ0v) is 11.0. The predicted octanol–water partition coefficient (Wildman–Crippen LogP) is 3.21. The molecule has 0 bridgehead atoms. The normalized spacial score (nSPS) is 10.5. The fourth-order valence-electron chi connectivity index (χ4n) is 2.02. The topological polar surface area (TPSA) is 35.2 Å². The average Bonchev–Trinajstić information content (AvgIpc) is 2.38. The summed E-state index contributed by atoms with van der Waals surface area (Å²) in [7, 11) is 0. The molecule has 0 spiro atoms. The van der Waals surface area contributed by atoms with Crippen molar-refractivity contribution in [1.29, 1.82) is 0 Å². The molecule has 0 aliphatic rings. The van der Waals surface area contributed by atoms with Gasteiger partial charge in [-0.05, 0) is 37.1 Å². The maximum absolute atomic E-state index is 13.8. The van der Waals surface area contributed by atoms with E-state index in [1.165, 1.54) is 6.07 Å². The summed E-state index contributed by atoms with van der Waals surface area (Å²) >= 11 is 0. The smallest absolute Gasteiger partial charge is 0.165 e. The van der Waals surface area contributed by atoms with E-state index in [0.29, 0.717) is 25.3 Å². The summed E-state index contributed by atoms with van der Waals surface area (Å²) in [6.45, 7) is 2.86. The minimum absolute atomic E-state index is 0.314. The Labute approximate surface area is 113 Å². The highest BCUT2D eigenvalue weighted by Gasteiger charge is 2.09. The third-order valence-electron chi connectivity index (χ3n) is 2.93. The van der Waals surface area contributed by atoms with E-state index in [-0.39, 0.29) is 5.82 Å². The first kappa shape index (κ1) is 13.6. The number of aryl methyl sites for hydroxylation is 1. The van der Waals surface area contributed by atoms with E-state index >= 15 is 0 Å². The molecule has 0 amide bonds. The Balaban J connectivity index is 2.14. The molecule has 2 N–H and O–H groups in total. The summed E-state index contributed by atoms with van der Waals surface area (Å²) in [5.41, 5.74) is 8.54. The van der Waals surface area contributed by atoms with Crippen LogP contribution >= 0.6 is 0 Å². The molecule has 19 heavy (non-hydrogen) atoms. The molecule has 0 unspecified atom stereocenters. The Hall–Kier alpha value is -1.87. The molecule has 0 saturated heterocycles. The van der Waals surface area contributed by atoms with Gasteiger partial charge >= 0.3 is 0 Å². The lowest BCUT2D eigenvalue weighted by Crippen LogP contribution is -2.06. The lowest BCUT2D eigenvalue weighted by Gasteiger charge is -2.12. The van der Waals surface area contributed by atoms with E-state index in [0.717, 1.165) is 16.7 Å². The van der Waals surface area contributed by atoms with E-state index in [1.54, 1.807) is 6.07 Å². The van der Waals surface area contributed by atoms with Crippen LogP contribution < -0.4 is 10.5 Å². The quantitative estimate of drug-likeness (QED) is 0.894. The van der Waals surface area contributed by atoms with Crippen LogP contribution in [0.4, 0.5) is 4.39 Å². The first-order valence-corrected chi connectivity index (χ1v) is 6.36. The number of hydrogen-bond acceptors (Lipinski definition) is 2. The highest BCUT2D eigenvalue weighted by atomic mass is 19.1. The van der Waals surface area contributed by atoms with Gasteiger partial charge in [0, 0.05) is 0 Å². The molecule has 2 nitrogen and oxygen atoms in total. The Kier molecular flexibility index (Phi) is 4.53. The second-order valence-electron chi connectivity index (χ2n) is 4.54. The maximum atomic E-state index is 13.8. The van der Waals surface area contributed by atoms with Crippen LogP contribution in [0.5, 0.6) is 5.75 Å². The van der Waals surface area contributed by atoms with E-state index in [1.807, 2.05) is 37.3 Å². The molecule has 100 valence electrons. The number of rotatable bonds is 5. The summed E-state index contributed by atoms with van der Waals surface area (Å²) in [5.74, 6) is -0.0203. The molecule has 3 heteroatoms. The molecule has 2 rings (SSSR count). The van der Waals surface area contributed by atoms with E-state index in [4.69, 9.17) is 10.5 Å². The molecule has 0 aliphatic carbocycles.